The fourth-order valence-corrected chi connectivity index (χ4v) is 2.32. The second-order valence-corrected chi connectivity index (χ2v) is 5.97. The third-order valence-corrected chi connectivity index (χ3v) is 4.22. The Bertz CT molecular complexity index is 403. The average molecular weight is 312 g/mol. The molecule has 0 aromatic heterocycles. The molecule has 0 amide bonds. The smallest absolute Gasteiger partial charge is 0.165 e. The van der Waals surface area contributed by atoms with Crippen LogP contribution < -0.4 is 0 Å². The highest BCUT2D eigenvalue weighted by Crippen LogP contribution is 2.18. The molecule has 3 heteroatoms. The van der Waals surface area contributed by atoms with E-state index in [0.29, 0.717) is 18.4 Å². The fourth-order valence-electron chi connectivity index (χ4n) is 1.81. The van der Waals surface area contributed by atoms with Gasteiger partial charge in [0.1, 0.15) is 0 Å². The Morgan fingerprint density at radius 1 is 1.28 bits per heavy atom. The minimum Gasteiger partial charge on any atom is -0.303 e. The molecule has 0 aliphatic rings. The molecule has 18 heavy (non-hydrogen) atoms. The number of carbonyl (C=O) groups excluding carboxylic acids is 1. The van der Waals surface area contributed by atoms with E-state index in [4.69, 9.17) is 0 Å². The summed E-state index contributed by atoms with van der Waals surface area (Å²) < 4.78 is 0.884. The van der Waals surface area contributed by atoms with E-state index in [1.807, 2.05) is 24.3 Å². The Hall–Kier alpha value is -0.670. The highest BCUT2D eigenvalue weighted by atomic mass is 79.9. The minimum absolute atomic E-state index is 0.199. The predicted octanol–water partition coefficient (Wildman–Crippen LogP) is 4.00. The van der Waals surface area contributed by atoms with Crippen LogP contribution in [0.5, 0.6) is 0 Å². The number of hydrogen-bond donors (Lipinski definition) is 0. The number of carbonyl (C=O) groups is 1. The molecule has 0 N–H and O–H groups in total. The summed E-state index contributed by atoms with van der Waals surface area (Å²) in [6, 6.07) is 8.11. The number of ketones is 1. The maximum Gasteiger partial charge on any atom is 0.165 e. The van der Waals surface area contributed by atoms with E-state index in [1.165, 1.54) is 0 Å². The van der Waals surface area contributed by atoms with Gasteiger partial charge in [-0.15, -0.1) is 0 Å². The molecule has 0 saturated carbocycles. The molecule has 0 aliphatic carbocycles. The number of hydrogen-bond acceptors (Lipinski definition) is 2. The summed E-state index contributed by atoms with van der Waals surface area (Å²) in [4.78, 5) is 14.4. The summed E-state index contributed by atoms with van der Waals surface area (Å²) in [7, 11) is 2.08. The number of rotatable bonds is 6. The lowest BCUT2D eigenvalue weighted by molar-refractivity contribution is 0.0954. The lowest BCUT2D eigenvalue weighted by atomic mass is 10.0. The molecule has 0 saturated heterocycles. The zero-order chi connectivity index (χ0) is 13.7. The molecule has 0 spiro atoms. The summed E-state index contributed by atoms with van der Waals surface area (Å²) >= 11 is 3.42. The molecule has 1 rings (SSSR count). The van der Waals surface area contributed by atoms with Crippen molar-refractivity contribution in [3.8, 4) is 0 Å². The van der Waals surface area contributed by atoms with Crippen LogP contribution in [0.25, 0.3) is 0 Å². The molecular formula is C15H22BrNO. The Morgan fingerprint density at radius 3 is 2.44 bits per heavy atom. The fraction of sp³-hybridized carbons (Fsp3) is 0.533. The van der Waals surface area contributed by atoms with Crippen molar-refractivity contribution in [2.24, 2.45) is 5.92 Å². The quantitative estimate of drug-likeness (QED) is 0.740. The van der Waals surface area contributed by atoms with Crippen LogP contribution in [0.2, 0.25) is 0 Å². The monoisotopic (exact) mass is 311 g/mol. The van der Waals surface area contributed by atoms with Crippen LogP contribution in [0, 0.1) is 5.92 Å². The van der Waals surface area contributed by atoms with Crippen LogP contribution in [0.3, 0.4) is 0 Å². The van der Waals surface area contributed by atoms with Gasteiger partial charge in [-0.1, -0.05) is 48.0 Å². The van der Waals surface area contributed by atoms with Crippen LogP contribution >= 0.6 is 15.9 Å². The Labute approximate surface area is 119 Å². The summed E-state index contributed by atoms with van der Waals surface area (Å²) in [5, 5.41) is 0. The molecule has 2 nitrogen and oxygen atoms in total. The maximum atomic E-state index is 12.1. The molecule has 1 aromatic carbocycles. The third kappa shape index (κ3) is 4.21. The predicted molar refractivity (Wildman–Crippen MR) is 80.0 cm³/mol. The lowest BCUT2D eigenvalue weighted by Gasteiger charge is -2.27. The Kier molecular flexibility index (Phi) is 6.03. The van der Waals surface area contributed by atoms with Crippen LogP contribution in [0.4, 0.5) is 0 Å². The molecular weight excluding hydrogens is 290 g/mol. The van der Waals surface area contributed by atoms with Crippen molar-refractivity contribution in [1.29, 1.82) is 0 Å². The number of Topliss-reactive ketones (excluding diaryl/α,β-unsaturated/α-hetero) is 1. The van der Waals surface area contributed by atoms with E-state index in [2.05, 4.69) is 48.6 Å². The van der Waals surface area contributed by atoms with Crippen molar-refractivity contribution >= 4 is 21.7 Å². The van der Waals surface area contributed by atoms with E-state index < -0.39 is 0 Å². The molecule has 0 heterocycles. The van der Waals surface area contributed by atoms with Crippen molar-refractivity contribution in [2.75, 3.05) is 13.6 Å². The normalized spacial score (nSPS) is 13.1. The van der Waals surface area contributed by atoms with Gasteiger partial charge in [-0.05, 0) is 26.0 Å². The average Bonchev–Trinajstić information content (AvgIpc) is 2.35. The van der Waals surface area contributed by atoms with Crippen molar-refractivity contribution < 1.29 is 4.79 Å². The zero-order valence-electron chi connectivity index (χ0n) is 11.6. The van der Waals surface area contributed by atoms with Crippen molar-refractivity contribution in [1.82, 2.24) is 4.90 Å². The summed E-state index contributed by atoms with van der Waals surface area (Å²) in [6.07, 6.45) is 0.566. The summed E-state index contributed by atoms with van der Waals surface area (Å²) in [5.74, 6) is 0.804. The lowest BCUT2D eigenvalue weighted by Crippen LogP contribution is -2.34. The van der Waals surface area contributed by atoms with Crippen molar-refractivity contribution in [3.05, 3.63) is 34.3 Å². The Balaban J connectivity index is 2.54. The van der Waals surface area contributed by atoms with E-state index in [-0.39, 0.29) is 5.78 Å². The summed E-state index contributed by atoms with van der Waals surface area (Å²) in [6.45, 7) is 7.42. The van der Waals surface area contributed by atoms with Crippen LogP contribution in [-0.2, 0) is 0 Å². The van der Waals surface area contributed by atoms with E-state index >= 15 is 0 Å². The van der Waals surface area contributed by atoms with Gasteiger partial charge in [-0.2, -0.15) is 0 Å². The van der Waals surface area contributed by atoms with E-state index in [0.717, 1.165) is 16.6 Å². The molecule has 0 radical (unpaired) electrons. The highest BCUT2D eigenvalue weighted by Gasteiger charge is 2.15. The number of nitrogens with zero attached hydrogens (tertiary/aromatic N) is 1. The molecule has 100 valence electrons. The minimum atomic E-state index is 0.199. The van der Waals surface area contributed by atoms with Crippen LogP contribution in [0.15, 0.2) is 28.7 Å². The largest absolute Gasteiger partial charge is 0.303 e. The topological polar surface area (TPSA) is 20.3 Å². The van der Waals surface area contributed by atoms with Crippen molar-refractivity contribution in [2.45, 2.75) is 33.2 Å². The standard InChI is InChI=1S/C15H22BrNO/c1-11(2)12(3)17(4)10-9-15(18)13-7-5-6-8-14(13)16/h5-8,11-12H,9-10H2,1-4H3. The number of halogens is 1. The molecule has 1 unspecified atom stereocenters. The van der Waals surface area contributed by atoms with Gasteiger partial charge in [0, 0.05) is 29.0 Å². The van der Waals surface area contributed by atoms with E-state index in [9.17, 15) is 4.79 Å². The first kappa shape index (κ1) is 15.4. The first-order valence-electron chi connectivity index (χ1n) is 6.41. The zero-order valence-corrected chi connectivity index (χ0v) is 13.2. The molecule has 0 fully saturated rings. The van der Waals surface area contributed by atoms with Gasteiger partial charge in [-0.25, -0.2) is 0 Å². The van der Waals surface area contributed by atoms with Gasteiger partial charge in [0.2, 0.25) is 0 Å². The third-order valence-electron chi connectivity index (χ3n) is 3.53. The second kappa shape index (κ2) is 7.05. The van der Waals surface area contributed by atoms with Gasteiger partial charge in [0.05, 0.1) is 0 Å². The highest BCUT2D eigenvalue weighted by molar-refractivity contribution is 9.10. The molecule has 0 aliphatic heterocycles. The van der Waals surface area contributed by atoms with Crippen molar-refractivity contribution in [3.63, 3.8) is 0 Å². The second-order valence-electron chi connectivity index (χ2n) is 5.12. The Morgan fingerprint density at radius 2 is 1.89 bits per heavy atom. The first-order chi connectivity index (χ1) is 8.43. The number of benzene rings is 1. The van der Waals surface area contributed by atoms with Gasteiger partial charge >= 0.3 is 0 Å². The van der Waals surface area contributed by atoms with E-state index in [1.54, 1.807) is 0 Å². The molecule has 0 bridgehead atoms. The van der Waals surface area contributed by atoms with Crippen LogP contribution in [-0.4, -0.2) is 30.3 Å². The van der Waals surface area contributed by atoms with Gasteiger partial charge in [-0.3, -0.25) is 4.79 Å². The summed E-state index contributed by atoms with van der Waals surface area (Å²) in [5.41, 5.74) is 0.781. The molecule has 1 aromatic rings. The molecule has 1 atom stereocenters. The maximum absolute atomic E-state index is 12.1. The van der Waals surface area contributed by atoms with Gasteiger partial charge in [0.15, 0.2) is 5.78 Å². The SMILES string of the molecule is CC(C)C(C)N(C)CCC(=O)c1ccccc1Br. The van der Waals surface area contributed by atoms with Gasteiger partial charge < -0.3 is 4.90 Å². The van der Waals surface area contributed by atoms with Crippen LogP contribution in [0.1, 0.15) is 37.6 Å². The van der Waals surface area contributed by atoms with Gasteiger partial charge in [0.25, 0.3) is 0 Å². The first-order valence-corrected chi connectivity index (χ1v) is 7.20.